The van der Waals surface area contributed by atoms with Crippen molar-refractivity contribution in [3.8, 4) is 0 Å². The van der Waals surface area contributed by atoms with Crippen LogP contribution in [0.2, 0.25) is 0 Å². The standard InChI is InChI=1S/C8H14N2/c9-8-5-6-3-1-2-4-7(6)10-8/h4,6,8,10H,1-3,5,9H2. The molecule has 2 atom stereocenters. The molecule has 1 aliphatic heterocycles. The normalized spacial score (nSPS) is 38.3. The highest BCUT2D eigenvalue weighted by Gasteiger charge is 2.27. The molecule has 3 N–H and O–H groups in total. The van der Waals surface area contributed by atoms with Crippen LogP contribution in [0.4, 0.5) is 0 Å². The summed E-state index contributed by atoms with van der Waals surface area (Å²) in [5, 5.41) is 3.29. The smallest absolute Gasteiger partial charge is 0.0746 e. The molecule has 2 nitrogen and oxygen atoms in total. The largest absolute Gasteiger partial charge is 0.373 e. The van der Waals surface area contributed by atoms with Gasteiger partial charge in [0.15, 0.2) is 0 Å². The molecule has 2 unspecified atom stereocenters. The van der Waals surface area contributed by atoms with Crippen molar-refractivity contribution in [2.24, 2.45) is 11.7 Å². The van der Waals surface area contributed by atoms with E-state index in [1.807, 2.05) is 0 Å². The molecule has 1 fully saturated rings. The van der Waals surface area contributed by atoms with E-state index in [0.29, 0.717) is 0 Å². The molecular weight excluding hydrogens is 124 g/mol. The Morgan fingerprint density at radius 1 is 1.60 bits per heavy atom. The first-order valence-electron chi connectivity index (χ1n) is 4.08. The van der Waals surface area contributed by atoms with Crippen molar-refractivity contribution in [1.82, 2.24) is 5.32 Å². The molecule has 2 rings (SSSR count). The molecule has 0 aromatic heterocycles. The van der Waals surface area contributed by atoms with E-state index in [4.69, 9.17) is 5.73 Å². The van der Waals surface area contributed by atoms with Crippen LogP contribution in [-0.2, 0) is 0 Å². The number of rotatable bonds is 0. The first-order chi connectivity index (χ1) is 4.86. The molecule has 0 bridgehead atoms. The lowest BCUT2D eigenvalue weighted by Gasteiger charge is -2.14. The summed E-state index contributed by atoms with van der Waals surface area (Å²) in [6.45, 7) is 0. The molecule has 1 aliphatic carbocycles. The third kappa shape index (κ3) is 0.926. The summed E-state index contributed by atoms with van der Waals surface area (Å²) < 4.78 is 0. The second kappa shape index (κ2) is 2.27. The van der Waals surface area contributed by atoms with Gasteiger partial charge in [0, 0.05) is 11.6 Å². The minimum Gasteiger partial charge on any atom is -0.373 e. The van der Waals surface area contributed by atoms with Gasteiger partial charge in [0.25, 0.3) is 0 Å². The lowest BCUT2D eigenvalue weighted by molar-refractivity contribution is 0.509. The van der Waals surface area contributed by atoms with Gasteiger partial charge < -0.3 is 11.1 Å². The summed E-state index contributed by atoms with van der Waals surface area (Å²) in [7, 11) is 0. The fourth-order valence-electron chi connectivity index (χ4n) is 1.95. The van der Waals surface area contributed by atoms with Crippen LogP contribution in [0, 0.1) is 5.92 Å². The molecule has 56 valence electrons. The van der Waals surface area contributed by atoms with Crippen molar-refractivity contribution in [3.05, 3.63) is 11.8 Å². The maximum absolute atomic E-state index is 5.74. The Balaban J connectivity index is 2.13. The molecule has 0 aromatic rings. The van der Waals surface area contributed by atoms with Gasteiger partial charge in [-0.1, -0.05) is 6.08 Å². The molecule has 1 heterocycles. The van der Waals surface area contributed by atoms with Crippen LogP contribution in [-0.4, -0.2) is 6.17 Å². The summed E-state index contributed by atoms with van der Waals surface area (Å²) in [4.78, 5) is 0. The van der Waals surface area contributed by atoms with Crippen molar-refractivity contribution < 1.29 is 0 Å². The highest BCUT2D eigenvalue weighted by atomic mass is 15.1. The average Bonchev–Trinajstić information content (AvgIpc) is 2.27. The zero-order valence-corrected chi connectivity index (χ0v) is 6.14. The first-order valence-corrected chi connectivity index (χ1v) is 4.08. The topological polar surface area (TPSA) is 38.0 Å². The van der Waals surface area contributed by atoms with Gasteiger partial charge in [-0.15, -0.1) is 0 Å². The first kappa shape index (κ1) is 6.23. The highest BCUT2D eigenvalue weighted by Crippen LogP contribution is 2.30. The lowest BCUT2D eigenvalue weighted by atomic mass is 9.92. The number of allylic oxidation sites excluding steroid dienone is 2. The van der Waals surface area contributed by atoms with Crippen molar-refractivity contribution in [3.63, 3.8) is 0 Å². The maximum atomic E-state index is 5.74. The van der Waals surface area contributed by atoms with Gasteiger partial charge in [-0.2, -0.15) is 0 Å². The minimum absolute atomic E-state index is 0.231. The number of nitrogens with two attached hydrogens (primary N) is 1. The Morgan fingerprint density at radius 3 is 3.30 bits per heavy atom. The summed E-state index contributed by atoms with van der Waals surface area (Å²) in [5.74, 6) is 0.767. The van der Waals surface area contributed by atoms with Gasteiger partial charge in [0.05, 0.1) is 6.17 Å². The quantitative estimate of drug-likeness (QED) is 0.523. The molecule has 2 heteroatoms. The predicted octanol–water partition coefficient (Wildman–Crippen LogP) is 0.948. The molecular formula is C8H14N2. The zero-order chi connectivity index (χ0) is 6.97. The van der Waals surface area contributed by atoms with E-state index in [1.54, 1.807) is 0 Å². The van der Waals surface area contributed by atoms with E-state index in [1.165, 1.54) is 25.0 Å². The van der Waals surface area contributed by atoms with Crippen LogP contribution in [0.5, 0.6) is 0 Å². The number of hydrogen-bond donors (Lipinski definition) is 2. The Labute approximate surface area is 61.5 Å². The Hall–Kier alpha value is -0.500. The average molecular weight is 138 g/mol. The number of hydrogen-bond acceptors (Lipinski definition) is 2. The van der Waals surface area contributed by atoms with Crippen LogP contribution in [0.25, 0.3) is 0 Å². The van der Waals surface area contributed by atoms with Gasteiger partial charge in [-0.3, -0.25) is 0 Å². The fraction of sp³-hybridized carbons (Fsp3) is 0.750. The van der Waals surface area contributed by atoms with E-state index in [9.17, 15) is 0 Å². The van der Waals surface area contributed by atoms with Crippen LogP contribution < -0.4 is 11.1 Å². The maximum Gasteiger partial charge on any atom is 0.0746 e. The number of nitrogens with one attached hydrogen (secondary N) is 1. The highest BCUT2D eigenvalue weighted by molar-refractivity contribution is 5.13. The van der Waals surface area contributed by atoms with Crippen molar-refractivity contribution in [1.29, 1.82) is 0 Å². The molecule has 0 spiro atoms. The van der Waals surface area contributed by atoms with Crippen LogP contribution >= 0.6 is 0 Å². The van der Waals surface area contributed by atoms with Crippen molar-refractivity contribution in [2.75, 3.05) is 0 Å². The SMILES string of the molecule is NC1CC2CCCC=C2N1. The molecule has 1 saturated heterocycles. The Bertz CT molecular complexity index is 163. The molecule has 0 amide bonds. The van der Waals surface area contributed by atoms with E-state index in [2.05, 4.69) is 11.4 Å². The molecule has 0 aromatic carbocycles. The molecule has 10 heavy (non-hydrogen) atoms. The van der Waals surface area contributed by atoms with E-state index < -0.39 is 0 Å². The predicted molar refractivity (Wildman–Crippen MR) is 41.2 cm³/mol. The third-order valence-electron chi connectivity index (χ3n) is 2.45. The Kier molecular flexibility index (Phi) is 1.42. The molecule has 0 radical (unpaired) electrons. The van der Waals surface area contributed by atoms with Crippen LogP contribution in [0.1, 0.15) is 25.7 Å². The van der Waals surface area contributed by atoms with Gasteiger partial charge in [0.2, 0.25) is 0 Å². The zero-order valence-electron chi connectivity index (χ0n) is 6.14. The second-order valence-electron chi connectivity index (χ2n) is 3.27. The molecule has 2 aliphatic rings. The van der Waals surface area contributed by atoms with E-state index in [0.717, 1.165) is 12.3 Å². The number of fused-ring (bicyclic) bond motifs is 1. The van der Waals surface area contributed by atoms with Crippen molar-refractivity contribution >= 4 is 0 Å². The van der Waals surface area contributed by atoms with Gasteiger partial charge in [-0.25, -0.2) is 0 Å². The summed E-state index contributed by atoms with van der Waals surface area (Å²) in [5.41, 5.74) is 7.16. The summed E-state index contributed by atoms with van der Waals surface area (Å²) in [6.07, 6.45) is 7.61. The van der Waals surface area contributed by atoms with Crippen LogP contribution in [0.15, 0.2) is 11.8 Å². The van der Waals surface area contributed by atoms with E-state index in [-0.39, 0.29) is 6.17 Å². The van der Waals surface area contributed by atoms with E-state index >= 15 is 0 Å². The Morgan fingerprint density at radius 2 is 2.50 bits per heavy atom. The van der Waals surface area contributed by atoms with Gasteiger partial charge in [-0.05, 0) is 25.7 Å². The monoisotopic (exact) mass is 138 g/mol. The third-order valence-corrected chi connectivity index (χ3v) is 2.45. The summed E-state index contributed by atoms with van der Waals surface area (Å²) in [6, 6.07) is 0. The second-order valence-corrected chi connectivity index (χ2v) is 3.27. The van der Waals surface area contributed by atoms with Gasteiger partial charge >= 0.3 is 0 Å². The minimum atomic E-state index is 0.231. The van der Waals surface area contributed by atoms with Crippen molar-refractivity contribution in [2.45, 2.75) is 31.8 Å². The molecule has 0 saturated carbocycles. The lowest BCUT2D eigenvalue weighted by Crippen LogP contribution is -2.29. The van der Waals surface area contributed by atoms with Gasteiger partial charge in [0.1, 0.15) is 0 Å². The fourth-order valence-corrected chi connectivity index (χ4v) is 1.95. The van der Waals surface area contributed by atoms with Crippen LogP contribution in [0.3, 0.4) is 0 Å². The summed E-state index contributed by atoms with van der Waals surface area (Å²) >= 11 is 0.